The number of aromatic nitrogens is 5. The van der Waals surface area contributed by atoms with Crippen molar-refractivity contribution in [2.24, 2.45) is 7.05 Å². The number of H-pyrrole nitrogens is 1. The van der Waals surface area contributed by atoms with E-state index in [1.807, 2.05) is 23.0 Å². The minimum atomic E-state index is 0.873. The molecule has 0 amide bonds. The van der Waals surface area contributed by atoms with E-state index in [0.29, 0.717) is 0 Å². The fraction of sp³-hybridized carbons (Fsp3) is 0.100. The molecule has 0 saturated carbocycles. The van der Waals surface area contributed by atoms with E-state index in [9.17, 15) is 0 Å². The maximum absolute atomic E-state index is 4.74. The predicted octanol–water partition coefficient (Wildman–Crippen LogP) is 4.22. The van der Waals surface area contributed by atoms with Crippen LogP contribution in [-0.2, 0) is 7.05 Å². The Labute approximate surface area is 144 Å². The van der Waals surface area contributed by atoms with Crippen molar-refractivity contribution in [3.05, 3.63) is 66.9 Å². The van der Waals surface area contributed by atoms with Crippen molar-refractivity contribution < 1.29 is 0 Å². The van der Waals surface area contributed by atoms with Crippen molar-refractivity contribution in [2.45, 2.75) is 6.92 Å². The Hall–Kier alpha value is -3.34. The molecule has 0 aliphatic carbocycles. The highest BCUT2D eigenvalue weighted by Crippen LogP contribution is 2.29. The molecule has 4 aromatic heterocycles. The van der Waals surface area contributed by atoms with Gasteiger partial charge in [-0.25, -0.2) is 9.67 Å². The highest BCUT2D eigenvalue weighted by Gasteiger charge is 2.12. The number of aryl methyl sites for hydroxylation is 2. The van der Waals surface area contributed by atoms with E-state index in [1.165, 1.54) is 16.5 Å². The molecule has 5 aromatic rings. The number of rotatable bonds is 2. The van der Waals surface area contributed by atoms with Crippen LogP contribution in [0.2, 0.25) is 0 Å². The van der Waals surface area contributed by atoms with Crippen LogP contribution in [0.1, 0.15) is 5.69 Å². The molecular formula is C20H17N5. The lowest BCUT2D eigenvalue weighted by molar-refractivity contribution is 0.868. The number of hydrogen-bond acceptors (Lipinski definition) is 2. The van der Waals surface area contributed by atoms with Crippen molar-refractivity contribution in [3.8, 4) is 16.8 Å². The first-order valence-electron chi connectivity index (χ1n) is 8.25. The average Bonchev–Trinajstić information content (AvgIpc) is 3.33. The summed E-state index contributed by atoms with van der Waals surface area (Å²) in [5.41, 5.74) is 6.47. The van der Waals surface area contributed by atoms with Gasteiger partial charge in [-0.3, -0.25) is 0 Å². The van der Waals surface area contributed by atoms with Crippen LogP contribution in [-0.4, -0.2) is 24.3 Å². The molecule has 25 heavy (non-hydrogen) atoms. The number of hydrogen-bond donors (Lipinski definition) is 1. The molecule has 0 spiro atoms. The summed E-state index contributed by atoms with van der Waals surface area (Å²) in [5.74, 6) is 0. The summed E-state index contributed by atoms with van der Waals surface area (Å²) < 4.78 is 4.08. The van der Waals surface area contributed by atoms with E-state index < -0.39 is 0 Å². The molecule has 1 aromatic carbocycles. The molecule has 1 N–H and O–H groups in total. The Morgan fingerprint density at radius 3 is 2.92 bits per heavy atom. The van der Waals surface area contributed by atoms with Gasteiger partial charge in [-0.05, 0) is 42.8 Å². The molecule has 4 heterocycles. The van der Waals surface area contributed by atoms with Crippen molar-refractivity contribution >= 4 is 21.9 Å². The minimum absolute atomic E-state index is 0.873. The largest absolute Gasteiger partial charge is 0.351 e. The quantitative estimate of drug-likeness (QED) is 0.528. The van der Waals surface area contributed by atoms with Gasteiger partial charge in [0.25, 0.3) is 0 Å². The summed E-state index contributed by atoms with van der Waals surface area (Å²) in [4.78, 5) is 7.50. The van der Waals surface area contributed by atoms with Crippen LogP contribution in [0.4, 0.5) is 0 Å². The molecule has 0 unspecified atom stereocenters. The lowest BCUT2D eigenvalue weighted by atomic mass is 10.1. The van der Waals surface area contributed by atoms with Gasteiger partial charge >= 0.3 is 0 Å². The number of nitrogens with one attached hydrogen (secondary N) is 1. The average molecular weight is 327 g/mol. The molecule has 0 atom stereocenters. The van der Waals surface area contributed by atoms with Gasteiger partial charge in [0.2, 0.25) is 0 Å². The summed E-state index contributed by atoms with van der Waals surface area (Å²) in [6, 6.07) is 12.7. The van der Waals surface area contributed by atoms with E-state index >= 15 is 0 Å². The van der Waals surface area contributed by atoms with Gasteiger partial charge in [-0.15, -0.1) is 0 Å². The van der Waals surface area contributed by atoms with Crippen molar-refractivity contribution in [1.29, 1.82) is 0 Å². The van der Waals surface area contributed by atoms with Crippen LogP contribution in [0.3, 0.4) is 0 Å². The van der Waals surface area contributed by atoms with Crippen LogP contribution in [0, 0.1) is 6.92 Å². The lowest BCUT2D eigenvalue weighted by Crippen LogP contribution is -1.96. The zero-order valence-electron chi connectivity index (χ0n) is 14.1. The lowest BCUT2D eigenvalue weighted by Gasteiger charge is -2.03. The van der Waals surface area contributed by atoms with Crippen molar-refractivity contribution in [1.82, 2.24) is 24.3 Å². The molecule has 5 nitrogen and oxygen atoms in total. The maximum Gasteiger partial charge on any atom is 0.139 e. The Kier molecular flexibility index (Phi) is 2.85. The monoisotopic (exact) mass is 327 g/mol. The van der Waals surface area contributed by atoms with E-state index in [1.54, 1.807) is 6.20 Å². The molecule has 0 aliphatic heterocycles. The van der Waals surface area contributed by atoms with Gasteiger partial charge in [0.1, 0.15) is 5.65 Å². The van der Waals surface area contributed by atoms with Gasteiger partial charge in [0, 0.05) is 53.7 Å². The van der Waals surface area contributed by atoms with Crippen LogP contribution >= 0.6 is 0 Å². The molecule has 122 valence electrons. The fourth-order valence-corrected chi connectivity index (χ4v) is 3.46. The Morgan fingerprint density at radius 2 is 2.00 bits per heavy atom. The molecule has 0 aliphatic rings. The first kappa shape index (κ1) is 14.0. The SMILES string of the molecule is Cc1nn(-c2ccnc3[nH]ccc23)cc1-c1ccc2c(ccn2C)c1. The first-order chi connectivity index (χ1) is 12.2. The predicted molar refractivity (Wildman–Crippen MR) is 99.9 cm³/mol. The molecule has 0 saturated heterocycles. The van der Waals surface area contributed by atoms with Crippen LogP contribution < -0.4 is 0 Å². The first-order valence-corrected chi connectivity index (χ1v) is 8.25. The van der Waals surface area contributed by atoms with Crippen LogP contribution in [0.5, 0.6) is 0 Å². The Morgan fingerprint density at radius 1 is 1.08 bits per heavy atom. The summed E-state index contributed by atoms with van der Waals surface area (Å²) in [6.07, 6.45) is 7.90. The van der Waals surface area contributed by atoms with Gasteiger partial charge in [0.05, 0.1) is 11.4 Å². The third-order valence-electron chi connectivity index (χ3n) is 4.78. The zero-order valence-corrected chi connectivity index (χ0v) is 14.1. The maximum atomic E-state index is 4.74. The van der Waals surface area contributed by atoms with E-state index in [0.717, 1.165) is 28.0 Å². The van der Waals surface area contributed by atoms with Gasteiger partial charge in [-0.2, -0.15) is 5.10 Å². The van der Waals surface area contributed by atoms with E-state index in [-0.39, 0.29) is 0 Å². The van der Waals surface area contributed by atoms with E-state index in [2.05, 4.69) is 65.2 Å². The zero-order chi connectivity index (χ0) is 17.0. The molecule has 0 bridgehead atoms. The summed E-state index contributed by atoms with van der Waals surface area (Å²) in [7, 11) is 2.07. The summed E-state index contributed by atoms with van der Waals surface area (Å²) in [6.45, 7) is 2.05. The van der Waals surface area contributed by atoms with Gasteiger partial charge < -0.3 is 9.55 Å². The molecule has 5 heteroatoms. The minimum Gasteiger partial charge on any atom is -0.351 e. The smallest absolute Gasteiger partial charge is 0.139 e. The van der Waals surface area contributed by atoms with Gasteiger partial charge in [-0.1, -0.05) is 6.07 Å². The van der Waals surface area contributed by atoms with Crippen molar-refractivity contribution in [3.63, 3.8) is 0 Å². The third-order valence-corrected chi connectivity index (χ3v) is 4.78. The normalized spacial score (nSPS) is 11.6. The molecule has 0 fully saturated rings. The van der Waals surface area contributed by atoms with Crippen LogP contribution in [0.25, 0.3) is 38.8 Å². The second-order valence-electron chi connectivity index (χ2n) is 6.34. The molecule has 0 radical (unpaired) electrons. The van der Waals surface area contributed by atoms with E-state index in [4.69, 9.17) is 5.10 Å². The third kappa shape index (κ3) is 2.09. The summed E-state index contributed by atoms with van der Waals surface area (Å²) >= 11 is 0. The number of nitrogens with zero attached hydrogens (tertiary/aromatic N) is 4. The molecule has 5 rings (SSSR count). The number of aromatic amines is 1. The highest BCUT2D eigenvalue weighted by atomic mass is 15.3. The number of fused-ring (bicyclic) bond motifs is 2. The number of pyridine rings is 1. The number of benzene rings is 1. The van der Waals surface area contributed by atoms with Gasteiger partial charge in [0.15, 0.2) is 0 Å². The van der Waals surface area contributed by atoms with Crippen molar-refractivity contribution in [2.75, 3.05) is 0 Å². The Balaban J connectivity index is 1.67. The summed E-state index contributed by atoms with van der Waals surface area (Å²) in [5, 5.41) is 7.05. The second kappa shape index (κ2) is 5.08. The fourth-order valence-electron chi connectivity index (χ4n) is 3.46. The standard InChI is InChI=1S/C20H17N5/c1-13-17(14-3-4-18-15(11-14)7-10-24(18)2)12-25(23-13)19-6-9-22-20-16(19)5-8-21-20/h3-12H,1-2H3,(H,21,22). The second-order valence-corrected chi connectivity index (χ2v) is 6.34. The van der Waals surface area contributed by atoms with Crippen LogP contribution in [0.15, 0.2) is 61.2 Å². The molecular weight excluding hydrogens is 310 g/mol. The Bertz CT molecular complexity index is 1220. The topological polar surface area (TPSA) is 51.4 Å². The highest BCUT2D eigenvalue weighted by molar-refractivity contribution is 5.87.